The lowest BCUT2D eigenvalue weighted by molar-refractivity contribution is -0.156. The third kappa shape index (κ3) is 13.8. The molecule has 1 fully saturated rings. The number of esters is 1. The van der Waals surface area contributed by atoms with Crippen LogP contribution in [0.15, 0.2) is 72.4 Å². The van der Waals surface area contributed by atoms with Gasteiger partial charge >= 0.3 is 5.97 Å². The number of phenols is 1. The first-order valence-electron chi connectivity index (χ1n) is 19.3. The number of aliphatic hydroxyl groups excluding tert-OH is 2. The van der Waals surface area contributed by atoms with E-state index in [9.17, 15) is 44.1 Å². The second kappa shape index (κ2) is 22.0. The number of nitrogens with zero attached hydrogens (tertiary/aromatic N) is 2. The monoisotopic (exact) mass is 793 g/mol. The highest BCUT2D eigenvalue weighted by Crippen LogP contribution is 2.26. The molecule has 3 rings (SSSR count). The highest BCUT2D eigenvalue weighted by molar-refractivity contribution is 5.93. The number of amides is 4. The Morgan fingerprint density at radius 3 is 2.42 bits per heavy atom. The largest absolute Gasteiger partial charge is 0.508 e. The van der Waals surface area contributed by atoms with E-state index in [1.807, 2.05) is 0 Å². The van der Waals surface area contributed by atoms with Crippen LogP contribution in [0.5, 0.6) is 5.75 Å². The number of hydrogen-bond donors (Lipinski definition) is 6. The van der Waals surface area contributed by atoms with Gasteiger partial charge in [0.25, 0.3) is 5.91 Å². The van der Waals surface area contributed by atoms with Crippen LogP contribution in [0.2, 0.25) is 0 Å². The normalized spacial score (nSPS) is 28.7. The molecule has 1 saturated heterocycles. The Hall–Kier alpha value is -5.12. The molecule has 312 valence electrons. The summed E-state index contributed by atoms with van der Waals surface area (Å²) < 4.78 is 5.99. The van der Waals surface area contributed by atoms with E-state index in [0.29, 0.717) is 18.4 Å². The quantitative estimate of drug-likeness (QED) is 0.128. The number of ketones is 1. The Kier molecular flexibility index (Phi) is 17.8. The average molecular weight is 794 g/mol. The molecule has 0 spiro atoms. The van der Waals surface area contributed by atoms with Gasteiger partial charge in [0, 0.05) is 45.5 Å². The van der Waals surface area contributed by atoms with Crippen molar-refractivity contribution in [3.63, 3.8) is 0 Å². The Morgan fingerprint density at radius 1 is 1.05 bits per heavy atom. The summed E-state index contributed by atoms with van der Waals surface area (Å²) >= 11 is 0. The summed E-state index contributed by atoms with van der Waals surface area (Å²) in [6.45, 7) is 8.24. The number of hydrogen-bond acceptors (Lipinski definition) is 11. The molecule has 8 atom stereocenters. The van der Waals surface area contributed by atoms with E-state index < -0.39 is 77.9 Å². The van der Waals surface area contributed by atoms with Crippen molar-refractivity contribution in [2.45, 2.75) is 103 Å². The number of ether oxygens (including phenoxy) is 1. The lowest BCUT2D eigenvalue weighted by atomic mass is 9.84. The molecule has 4 amide bonds. The zero-order valence-electron chi connectivity index (χ0n) is 33.9. The predicted octanol–water partition coefficient (Wildman–Crippen LogP) is 2.55. The van der Waals surface area contributed by atoms with Gasteiger partial charge in [-0.1, -0.05) is 69.4 Å². The average Bonchev–Trinajstić information content (AvgIpc) is 3.16. The maximum absolute atomic E-state index is 14.3. The molecule has 2 unspecified atom stereocenters. The van der Waals surface area contributed by atoms with Crippen LogP contribution >= 0.6 is 0 Å². The van der Waals surface area contributed by atoms with E-state index in [1.165, 1.54) is 47.2 Å². The summed E-state index contributed by atoms with van der Waals surface area (Å²) in [4.78, 5) is 81.4. The second-order valence-corrected chi connectivity index (χ2v) is 15.2. The van der Waals surface area contributed by atoms with Crippen LogP contribution in [0.1, 0.15) is 78.3 Å². The minimum absolute atomic E-state index is 0.0334. The van der Waals surface area contributed by atoms with E-state index in [0.717, 1.165) is 0 Å². The highest BCUT2D eigenvalue weighted by atomic mass is 16.5. The van der Waals surface area contributed by atoms with E-state index in [-0.39, 0.29) is 48.8 Å². The first kappa shape index (κ1) is 46.3. The van der Waals surface area contributed by atoms with Gasteiger partial charge in [0.15, 0.2) is 0 Å². The van der Waals surface area contributed by atoms with Crippen molar-refractivity contribution in [3.8, 4) is 5.75 Å². The molecule has 0 radical (unpaired) electrons. The van der Waals surface area contributed by atoms with Crippen LogP contribution in [0.4, 0.5) is 0 Å². The Morgan fingerprint density at radius 2 is 1.77 bits per heavy atom. The SMILES string of the molecule is CC(=O)CC[C@H]1C(=O)N[C@@H](C(C)C)C(=O)NC(c2cccc(O)c2)C(=O)N2CCCC(N2)C(=O)O[C@H](/C(C)=C/C=C/C(=O)N(C)C)C/C=C/C=C/[C@H](O)[C@H](C)[C@H]1O. The molecule has 2 heterocycles. The number of benzene rings is 1. The van der Waals surface area contributed by atoms with Crippen LogP contribution in [0.3, 0.4) is 0 Å². The van der Waals surface area contributed by atoms with Crippen LogP contribution < -0.4 is 16.1 Å². The summed E-state index contributed by atoms with van der Waals surface area (Å²) in [5, 5.41) is 39.5. The lowest BCUT2D eigenvalue weighted by Crippen LogP contribution is -2.59. The van der Waals surface area contributed by atoms with E-state index in [1.54, 1.807) is 78.2 Å². The standard InChI is InChI=1S/C42H59N5O10/c1-25(2)36-40(54)44-37(29-15-12-16-30(49)24-29)41(55)47-23-13-17-32(45-47)42(56)57-34(26(3)14-11-20-35(51)46(6)7)19-10-8-9-18-33(50)28(5)38(52)31(39(53)43-36)22-21-27(4)48/h8-12,14-16,18,20,24-25,28,31-34,36-38,45,49-50,52H,13,17,19,21-23H2,1-7H3,(H,43,53)(H,44,54)/b10-8+,18-9+,20-11+,26-14+/t28-,31+,32?,33-,34-,36-,37?,38+/m0/s1. The fraction of sp³-hybridized carbons (Fsp3) is 0.524. The van der Waals surface area contributed by atoms with Crippen LogP contribution in [-0.4, -0.2) is 112 Å². The minimum atomic E-state index is -1.43. The van der Waals surface area contributed by atoms with E-state index >= 15 is 0 Å². The van der Waals surface area contributed by atoms with Crippen LogP contribution in [0, 0.1) is 17.8 Å². The molecule has 2 aliphatic heterocycles. The Labute approximate surface area is 334 Å². The first-order valence-corrected chi connectivity index (χ1v) is 19.3. The van der Waals surface area contributed by atoms with Crippen molar-refractivity contribution >= 4 is 35.4 Å². The summed E-state index contributed by atoms with van der Waals surface area (Å²) in [5.74, 6) is -5.90. The topological polar surface area (TPSA) is 215 Å². The van der Waals surface area contributed by atoms with Gasteiger partial charge in [-0.2, -0.15) is 0 Å². The molecule has 15 heteroatoms. The van der Waals surface area contributed by atoms with E-state index in [2.05, 4.69) is 16.1 Å². The minimum Gasteiger partial charge on any atom is -0.508 e. The summed E-state index contributed by atoms with van der Waals surface area (Å²) in [6.07, 6.45) is 8.41. The molecule has 0 saturated carbocycles. The van der Waals surface area contributed by atoms with E-state index in [4.69, 9.17) is 4.74 Å². The molecule has 15 nitrogen and oxygen atoms in total. The number of hydrazine groups is 1. The van der Waals surface area contributed by atoms with Crippen molar-refractivity contribution in [2.24, 2.45) is 17.8 Å². The molecule has 1 aromatic carbocycles. The Balaban J connectivity index is 2.10. The van der Waals surface area contributed by atoms with Crippen LogP contribution in [-0.2, 0) is 33.5 Å². The number of aromatic hydroxyl groups is 1. The summed E-state index contributed by atoms with van der Waals surface area (Å²) in [5.41, 5.74) is 3.82. The van der Waals surface area contributed by atoms with Gasteiger partial charge in [-0.3, -0.25) is 29.0 Å². The summed E-state index contributed by atoms with van der Waals surface area (Å²) in [7, 11) is 3.24. The van der Waals surface area contributed by atoms with Crippen molar-refractivity contribution in [2.75, 3.05) is 20.6 Å². The molecule has 1 aromatic rings. The molecular weight excluding hydrogens is 734 g/mol. The maximum Gasteiger partial charge on any atom is 0.325 e. The number of likely N-dealkylation sites (N-methyl/N-ethyl adjacent to an activating group) is 1. The fourth-order valence-corrected chi connectivity index (χ4v) is 6.40. The van der Waals surface area contributed by atoms with Crippen molar-refractivity contribution in [1.29, 1.82) is 0 Å². The number of rotatable bonds is 8. The summed E-state index contributed by atoms with van der Waals surface area (Å²) in [6, 6.07) is 2.28. The number of carbonyl (C=O) groups excluding carboxylic acids is 6. The number of fused-ring (bicyclic) bond motifs is 2. The predicted molar refractivity (Wildman–Crippen MR) is 213 cm³/mol. The van der Waals surface area contributed by atoms with Crippen molar-refractivity contribution in [1.82, 2.24) is 26.0 Å². The van der Waals surface area contributed by atoms with Crippen LogP contribution in [0.25, 0.3) is 0 Å². The maximum atomic E-state index is 14.3. The zero-order chi connectivity index (χ0) is 42.4. The number of phenolic OH excluding ortho intramolecular Hbond substituents is 1. The van der Waals surface area contributed by atoms with Crippen molar-refractivity contribution < 1.29 is 48.8 Å². The van der Waals surface area contributed by atoms with Gasteiger partial charge in [-0.05, 0) is 62.3 Å². The highest BCUT2D eigenvalue weighted by Gasteiger charge is 2.39. The molecule has 2 bridgehead atoms. The zero-order valence-corrected chi connectivity index (χ0v) is 33.9. The number of aliphatic hydroxyl groups is 2. The molecular formula is C42H59N5O10. The third-order valence-corrected chi connectivity index (χ3v) is 10.1. The number of allylic oxidation sites excluding steroid dienone is 4. The molecule has 0 aromatic heterocycles. The number of cyclic esters (lactones) is 1. The van der Waals surface area contributed by atoms with Crippen molar-refractivity contribution in [3.05, 3.63) is 77.9 Å². The number of nitrogens with one attached hydrogen (secondary N) is 3. The number of Topliss-reactive ketones (excluding diaryl/α,β-unsaturated/α-hetero) is 1. The van der Waals surface area contributed by atoms with Gasteiger partial charge in [0.2, 0.25) is 17.7 Å². The smallest absolute Gasteiger partial charge is 0.325 e. The molecule has 2 aliphatic rings. The molecule has 57 heavy (non-hydrogen) atoms. The van der Waals surface area contributed by atoms with Gasteiger partial charge in [0.1, 0.15) is 35.8 Å². The molecule has 0 aliphatic carbocycles. The Bertz CT molecular complexity index is 1720. The van der Waals surface area contributed by atoms with Gasteiger partial charge in [-0.25, -0.2) is 5.43 Å². The van der Waals surface area contributed by atoms with Gasteiger partial charge in [-0.15, -0.1) is 0 Å². The second-order valence-electron chi connectivity index (χ2n) is 15.2. The van der Waals surface area contributed by atoms with Gasteiger partial charge < -0.3 is 40.4 Å². The lowest BCUT2D eigenvalue weighted by Gasteiger charge is -2.36. The third-order valence-electron chi connectivity index (χ3n) is 10.1. The number of carbonyl (C=O) groups is 6. The molecule has 6 N–H and O–H groups in total. The first-order chi connectivity index (χ1) is 26.9. The fourth-order valence-electron chi connectivity index (χ4n) is 6.40. The van der Waals surface area contributed by atoms with Gasteiger partial charge in [0.05, 0.1) is 18.1 Å².